The summed E-state index contributed by atoms with van der Waals surface area (Å²) in [5.74, 6) is 0.794. The highest BCUT2D eigenvalue weighted by Crippen LogP contribution is 2.47. The lowest BCUT2D eigenvalue weighted by Crippen LogP contribution is -2.40. The number of ether oxygens (including phenoxy) is 1. The zero-order chi connectivity index (χ0) is 18.4. The van der Waals surface area contributed by atoms with Crippen LogP contribution in [0.2, 0.25) is 0 Å². The van der Waals surface area contributed by atoms with E-state index in [1.54, 1.807) is 12.1 Å². The largest absolute Gasteiger partial charge is 0.455 e. The molecule has 1 fully saturated rings. The number of amides is 2. The second-order valence-corrected chi connectivity index (χ2v) is 6.56. The molecule has 0 saturated heterocycles. The molecule has 2 N–H and O–H groups in total. The monoisotopic (exact) mass is 352 g/mol. The molecule has 0 heterocycles. The lowest BCUT2D eigenvalue weighted by atomic mass is 10.0. The zero-order valence-corrected chi connectivity index (χ0v) is 15.0. The quantitative estimate of drug-likeness (QED) is 0.555. The van der Waals surface area contributed by atoms with Crippen molar-refractivity contribution in [1.82, 2.24) is 5.32 Å². The van der Waals surface area contributed by atoms with Crippen molar-refractivity contribution >= 4 is 17.5 Å². The number of carbonyl (C=O) groups excluding carboxylic acids is 2. The summed E-state index contributed by atoms with van der Waals surface area (Å²) in [5.41, 5.74) is -0.373. The van der Waals surface area contributed by atoms with Crippen LogP contribution in [0.4, 0.5) is 5.69 Å². The molecule has 0 unspecified atom stereocenters. The van der Waals surface area contributed by atoms with Gasteiger partial charge >= 0.3 is 0 Å². The second kappa shape index (κ2) is 8.04. The van der Waals surface area contributed by atoms with Crippen molar-refractivity contribution in [3.63, 3.8) is 0 Å². The van der Waals surface area contributed by atoms with Gasteiger partial charge in [0.25, 0.3) is 0 Å². The Balaban J connectivity index is 1.69. The van der Waals surface area contributed by atoms with Crippen molar-refractivity contribution in [2.45, 2.75) is 32.6 Å². The van der Waals surface area contributed by atoms with Crippen LogP contribution in [0.15, 0.2) is 54.6 Å². The fourth-order valence-corrected chi connectivity index (χ4v) is 2.75. The number of unbranched alkanes of at least 4 members (excludes halogenated alkanes) is 1. The minimum atomic E-state index is -0.937. The molecule has 26 heavy (non-hydrogen) atoms. The third kappa shape index (κ3) is 4.04. The van der Waals surface area contributed by atoms with E-state index in [4.69, 9.17) is 4.74 Å². The number of anilines is 1. The molecule has 0 radical (unpaired) electrons. The van der Waals surface area contributed by atoms with Crippen LogP contribution < -0.4 is 15.4 Å². The normalized spacial score (nSPS) is 14.3. The van der Waals surface area contributed by atoms with E-state index in [9.17, 15) is 9.59 Å². The Labute approximate surface area is 153 Å². The van der Waals surface area contributed by atoms with Crippen molar-refractivity contribution in [2.75, 3.05) is 11.9 Å². The third-order valence-corrected chi connectivity index (χ3v) is 4.54. The van der Waals surface area contributed by atoms with Gasteiger partial charge in [-0.05, 0) is 43.5 Å². The van der Waals surface area contributed by atoms with Gasteiger partial charge in [0.1, 0.15) is 11.2 Å². The van der Waals surface area contributed by atoms with E-state index in [2.05, 4.69) is 17.6 Å². The van der Waals surface area contributed by atoms with Crippen LogP contribution in [0.3, 0.4) is 0 Å². The van der Waals surface area contributed by atoms with Crippen molar-refractivity contribution in [2.24, 2.45) is 5.41 Å². The fourth-order valence-electron chi connectivity index (χ4n) is 2.75. The lowest BCUT2D eigenvalue weighted by molar-refractivity contribution is -0.134. The van der Waals surface area contributed by atoms with Crippen molar-refractivity contribution in [3.8, 4) is 11.5 Å². The minimum absolute atomic E-state index is 0.176. The number of carbonyl (C=O) groups is 2. The van der Waals surface area contributed by atoms with Crippen LogP contribution in [0.5, 0.6) is 11.5 Å². The Morgan fingerprint density at radius 1 is 1.00 bits per heavy atom. The van der Waals surface area contributed by atoms with Gasteiger partial charge in [0.05, 0.1) is 5.69 Å². The first kappa shape index (κ1) is 18.0. The van der Waals surface area contributed by atoms with Gasteiger partial charge in [-0.25, -0.2) is 0 Å². The number of hydrogen-bond acceptors (Lipinski definition) is 3. The summed E-state index contributed by atoms with van der Waals surface area (Å²) < 4.78 is 5.87. The number of rotatable bonds is 8. The average molecular weight is 352 g/mol. The van der Waals surface area contributed by atoms with Crippen LogP contribution in [0.1, 0.15) is 32.6 Å². The Hall–Kier alpha value is -2.82. The summed E-state index contributed by atoms with van der Waals surface area (Å²) in [4.78, 5) is 25.2. The van der Waals surface area contributed by atoms with Gasteiger partial charge in [-0.1, -0.05) is 43.7 Å². The molecule has 1 aliphatic rings. The van der Waals surface area contributed by atoms with E-state index < -0.39 is 5.41 Å². The van der Waals surface area contributed by atoms with Gasteiger partial charge in [-0.15, -0.1) is 0 Å². The molecular weight excluding hydrogens is 328 g/mol. The fraction of sp³-hybridized carbons (Fsp3) is 0.333. The smallest absolute Gasteiger partial charge is 0.240 e. The van der Waals surface area contributed by atoms with Crippen LogP contribution in [0, 0.1) is 5.41 Å². The summed E-state index contributed by atoms with van der Waals surface area (Å²) in [6.45, 7) is 2.67. The van der Waals surface area contributed by atoms with Crippen molar-refractivity contribution < 1.29 is 14.3 Å². The molecule has 1 aliphatic carbocycles. The summed E-state index contributed by atoms with van der Waals surface area (Å²) >= 11 is 0. The van der Waals surface area contributed by atoms with Crippen LogP contribution in [-0.4, -0.2) is 18.4 Å². The first-order valence-corrected chi connectivity index (χ1v) is 9.07. The molecule has 3 rings (SSSR count). The summed E-state index contributed by atoms with van der Waals surface area (Å²) in [5, 5.41) is 5.76. The standard InChI is InChI=1S/C21H24N2O3/c1-2-3-15-22-19(24)21(13-14-21)20(25)23-17-11-7-8-12-18(17)26-16-9-5-4-6-10-16/h4-12H,2-3,13-15H2,1H3,(H,22,24)(H,23,25). The Kier molecular flexibility index (Phi) is 5.56. The first-order chi connectivity index (χ1) is 12.7. The molecule has 5 nitrogen and oxygen atoms in total. The van der Waals surface area contributed by atoms with Gasteiger partial charge in [-0.3, -0.25) is 9.59 Å². The predicted molar refractivity (Wildman–Crippen MR) is 101 cm³/mol. The molecular formula is C21H24N2O3. The maximum Gasteiger partial charge on any atom is 0.240 e. The molecule has 136 valence electrons. The second-order valence-electron chi connectivity index (χ2n) is 6.56. The number of para-hydroxylation sites is 3. The molecule has 0 aliphatic heterocycles. The van der Waals surface area contributed by atoms with E-state index in [0.717, 1.165) is 12.8 Å². The van der Waals surface area contributed by atoms with E-state index in [0.29, 0.717) is 36.6 Å². The topological polar surface area (TPSA) is 67.4 Å². The number of nitrogens with one attached hydrogen (secondary N) is 2. The first-order valence-electron chi connectivity index (χ1n) is 9.07. The SMILES string of the molecule is CCCCNC(=O)C1(C(=O)Nc2ccccc2Oc2ccccc2)CC1. The van der Waals surface area contributed by atoms with Crippen molar-refractivity contribution in [1.29, 1.82) is 0 Å². The molecule has 0 aromatic heterocycles. The van der Waals surface area contributed by atoms with E-state index in [1.807, 2.05) is 42.5 Å². The van der Waals surface area contributed by atoms with E-state index in [1.165, 1.54) is 0 Å². The maximum atomic E-state index is 12.7. The Morgan fingerprint density at radius 3 is 2.38 bits per heavy atom. The maximum absolute atomic E-state index is 12.7. The minimum Gasteiger partial charge on any atom is -0.455 e. The van der Waals surface area contributed by atoms with E-state index >= 15 is 0 Å². The summed E-state index contributed by atoms with van der Waals surface area (Å²) in [6, 6.07) is 16.6. The van der Waals surface area contributed by atoms with Gasteiger partial charge in [0.2, 0.25) is 11.8 Å². The molecule has 0 spiro atoms. The van der Waals surface area contributed by atoms with Gasteiger partial charge < -0.3 is 15.4 Å². The molecule has 2 amide bonds. The van der Waals surface area contributed by atoms with Crippen LogP contribution in [-0.2, 0) is 9.59 Å². The molecule has 1 saturated carbocycles. The summed E-state index contributed by atoms with van der Waals surface area (Å²) in [7, 11) is 0. The highest BCUT2D eigenvalue weighted by molar-refractivity contribution is 6.13. The lowest BCUT2D eigenvalue weighted by Gasteiger charge is -2.17. The van der Waals surface area contributed by atoms with E-state index in [-0.39, 0.29) is 11.8 Å². The van der Waals surface area contributed by atoms with Gasteiger partial charge in [0.15, 0.2) is 5.75 Å². The van der Waals surface area contributed by atoms with Gasteiger partial charge in [0, 0.05) is 6.54 Å². The summed E-state index contributed by atoms with van der Waals surface area (Å²) in [6.07, 6.45) is 3.08. The highest BCUT2D eigenvalue weighted by Gasteiger charge is 2.56. The van der Waals surface area contributed by atoms with Crippen molar-refractivity contribution in [3.05, 3.63) is 54.6 Å². The van der Waals surface area contributed by atoms with Crippen LogP contribution in [0.25, 0.3) is 0 Å². The highest BCUT2D eigenvalue weighted by atomic mass is 16.5. The molecule has 5 heteroatoms. The molecule has 2 aromatic rings. The number of benzene rings is 2. The molecule has 0 atom stereocenters. The predicted octanol–water partition coefficient (Wildman–Crippen LogP) is 4.11. The molecule has 2 aromatic carbocycles. The number of hydrogen-bond donors (Lipinski definition) is 2. The molecule has 0 bridgehead atoms. The Morgan fingerprint density at radius 2 is 1.69 bits per heavy atom. The van der Waals surface area contributed by atoms with Crippen LogP contribution >= 0.6 is 0 Å². The zero-order valence-electron chi connectivity index (χ0n) is 15.0. The average Bonchev–Trinajstić information content (AvgIpc) is 3.46. The third-order valence-electron chi connectivity index (χ3n) is 4.54. The Bertz CT molecular complexity index is 770. The van der Waals surface area contributed by atoms with Gasteiger partial charge in [-0.2, -0.15) is 0 Å².